The standard InChI is InChI=1S/C32H45N15O24P4/c1-44-11-47(26-18(44)28(53)43-32(35)41-26)30-22(51)20(49)14(69-30)6-66-74(58,59)71-75(60,61)70-73(56,57)64-4-12(67-15(7-62-2)45-9-38-16-23(33)36-8-37-24(16)45)3-63-72(54,55)65-5-13-19(48)21(50)29(68-13)46-10-39-17-25(46)40-31(34)42-27(17)52/h8-15,19-22,29-30,48-51H,3-7H2,1-2H3,(H11-,33,34,35,36,37,40,41,42,43,52,53,54,55,56,57,58,59,60,61)/p+1/t12-,13+,14+,15+,19-,20?,21?,22-,29+,30+/m0/s1. The van der Waals surface area contributed by atoms with Crippen molar-refractivity contribution in [1.29, 1.82) is 0 Å². The Bertz CT molecular complexity index is 3390. The highest BCUT2D eigenvalue weighted by atomic mass is 31.3. The highest BCUT2D eigenvalue weighted by Gasteiger charge is 2.50. The number of aliphatic hydroxyl groups is 4. The van der Waals surface area contributed by atoms with Crippen LogP contribution in [0.3, 0.4) is 0 Å². The van der Waals surface area contributed by atoms with E-state index in [1.807, 2.05) is 0 Å². The van der Waals surface area contributed by atoms with E-state index in [-0.39, 0.29) is 57.8 Å². The number of aliphatic hydroxyl groups excluding tert-OH is 4. The van der Waals surface area contributed by atoms with Crippen molar-refractivity contribution in [1.82, 2.24) is 53.6 Å². The topological polar surface area (TPSA) is 562 Å². The van der Waals surface area contributed by atoms with Gasteiger partial charge < -0.3 is 76.1 Å². The third-order valence-corrected chi connectivity index (χ3v) is 16.1. The lowest BCUT2D eigenvalue weighted by atomic mass is 10.1. The monoisotopic (exact) mass is 1150 g/mol. The van der Waals surface area contributed by atoms with E-state index in [1.165, 1.54) is 35.9 Å². The van der Waals surface area contributed by atoms with Crippen LogP contribution in [0, 0.1) is 0 Å². The Hall–Kier alpha value is -5.15. The van der Waals surface area contributed by atoms with Crippen LogP contribution in [0.25, 0.3) is 33.5 Å². The number of methoxy groups -OCH3 is 1. The molecule has 6 aromatic rings. The molecule has 2 aliphatic heterocycles. The Labute approximate surface area is 415 Å². The molecule has 0 spiro atoms. The second kappa shape index (κ2) is 21.7. The predicted octanol–water partition coefficient (Wildman–Crippen LogP) is -4.46. The van der Waals surface area contributed by atoms with Crippen LogP contribution < -0.4 is 32.9 Å². The molecule has 0 bridgehead atoms. The van der Waals surface area contributed by atoms with Gasteiger partial charge in [0.25, 0.3) is 17.1 Å². The minimum absolute atomic E-state index is 0.0247. The summed E-state index contributed by atoms with van der Waals surface area (Å²) in [4.78, 5) is 95.1. The zero-order chi connectivity index (χ0) is 54.5. The van der Waals surface area contributed by atoms with Crippen molar-refractivity contribution in [3.63, 3.8) is 0 Å². The largest absolute Gasteiger partial charge is 0.490 e. The van der Waals surface area contributed by atoms with E-state index >= 15 is 0 Å². The third-order valence-electron chi connectivity index (χ3n) is 10.9. The number of anilines is 3. The average Bonchev–Trinajstić information content (AvgIpc) is 4.13. The Morgan fingerprint density at radius 1 is 0.720 bits per heavy atom. The SMILES string of the molecule is COC[C@@H](O[C@@H](COP(=O)(O)OC[C@H]1O[C@@H](n2cnc3c(=O)[nH]c(N)nc32)C(O)[C@H]1O)COP(=O)(O)OP(=O)(O)OP(=O)(O)OC[C@H]1O[C@@H]([n+]2cn(C)c3c(=O)[nH]c(N)nc32)[C@@H](O)C1O)n1cnc2c(N)ncnc21. The molecule has 8 rings (SSSR count). The van der Waals surface area contributed by atoms with Gasteiger partial charge in [-0.15, -0.1) is 0 Å². The van der Waals surface area contributed by atoms with E-state index in [4.69, 9.17) is 49.7 Å². The maximum atomic E-state index is 13.3. The number of rotatable bonds is 23. The summed E-state index contributed by atoms with van der Waals surface area (Å²) in [5.74, 6) is -0.689. The van der Waals surface area contributed by atoms with Gasteiger partial charge in [-0.1, -0.05) is 4.98 Å². The van der Waals surface area contributed by atoms with Gasteiger partial charge in [-0.05, 0) is 0 Å². The molecule has 0 amide bonds. The van der Waals surface area contributed by atoms with E-state index in [9.17, 15) is 67.8 Å². The number of nitrogens with two attached hydrogens (primary N) is 3. The number of phosphoric ester groups is 3. The van der Waals surface area contributed by atoms with Gasteiger partial charge in [0.1, 0.15) is 54.6 Å². The van der Waals surface area contributed by atoms with Crippen LogP contribution in [0.4, 0.5) is 17.7 Å². The van der Waals surface area contributed by atoms with E-state index in [2.05, 4.69) is 53.0 Å². The van der Waals surface area contributed by atoms with Gasteiger partial charge in [0.2, 0.25) is 17.7 Å². The lowest BCUT2D eigenvalue weighted by Gasteiger charge is -2.27. The first-order valence-corrected chi connectivity index (χ1v) is 27.1. The first kappa shape index (κ1) is 56.1. The number of aromatic amines is 2. The quantitative estimate of drug-likeness (QED) is 0.0213. The molecule has 8 heterocycles. The highest BCUT2D eigenvalue weighted by molar-refractivity contribution is 7.66. The van der Waals surface area contributed by atoms with Gasteiger partial charge in [-0.2, -0.15) is 13.6 Å². The van der Waals surface area contributed by atoms with Crippen LogP contribution in [0.15, 0.2) is 34.9 Å². The van der Waals surface area contributed by atoms with Crippen molar-refractivity contribution >= 4 is 82.5 Å². The lowest BCUT2D eigenvalue weighted by Crippen LogP contribution is -2.46. The fourth-order valence-electron chi connectivity index (χ4n) is 7.59. The minimum atomic E-state index is -6.20. The fraction of sp³-hybridized carbons (Fsp3) is 0.531. The Morgan fingerprint density at radius 3 is 2.01 bits per heavy atom. The number of ether oxygens (including phenoxy) is 4. The highest BCUT2D eigenvalue weighted by Crippen LogP contribution is 2.68. The van der Waals surface area contributed by atoms with Crippen LogP contribution in [0.1, 0.15) is 18.7 Å². The van der Waals surface area contributed by atoms with Crippen molar-refractivity contribution in [2.45, 2.75) is 61.4 Å². The molecule has 0 saturated carbocycles. The summed E-state index contributed by atoms with van der Waals surface area (Å²) in [5.41, 5.74) is 15.4. The number of nitrogens with zero attached hydrogens (tertiary/aromatic N) is 10. The van der Waals surface area contributed by atoms with Gasteiger partial charge in [-0.3, -0.25) is 51.4 Å². The summed E-state index contributed by atoms with van der Waals surface area (Å²) >= 11 is 0. The first-order valence-electron chi connectivity index (χ1n) is 21.1. The molecule has 75 heavy (non-hydrogen) atoms. The summed E-state index contributed by atoms with van der Waals surface area (Å²) in [6, 6.07) is 0. The summed E-state index contributed by atoms with van der Waals surface area (Å²) in [7, 11) is -20.6. The number of hydrogen-bond donors (Lipinski definition) is 13. The number of aryl methyl sites for hydroxylation is 1. The normalized spacial score (nSPS) is 26.3. The van der Waals surface area contributed by atoms with Gasteiger partial charge >= 0.3 is 36.9 Å². The molecule has 0 aromatic carbocycles. The maximum absolute atomic E-state index is 13.3. The van der Waals surface area contributed by atoms with E-state index in [1.54, 1.807) is 0 Å². The minimum Gasteiger partial charge on any atom is -0.387 e. The number of aromatic nitrogens is 12. The molecule has 412 valence electrons. The molecule has 2 saturated heterocycles. The first-order chi connectivity index (χ1) is 35.2. The van der Waals surface area contributed by atoms with Crippen LogP contribution >= 0.6 is 31.3 Å². The van der Waals surface area contributed by atoms with Gasteiger partial charge in [0.15, 0.2) is 41.4 Å². The van der Waals surface area contributed by atoms with E-state index in [0.29, 0.717) is 0 Å². The smallest absolute Gasteiger partial charge is 0.387 e. The second-order valence-electron chi connectivity index (χ2n) is 16.1. The molecule has 0 radical (unpaired) electrons. The summed E-state index contributed by atoms with van der Waals surface area (Å²) in [5, 5.41) is 43.0. The number of nitrogen functional groups attached to an aromatic ring is 3. The van der Waals surface area contributed by atoms with Crippen molar-refractivity contribution in [2.24, 2.45) is 7.05 Å². The molecule has 14 atom stereocenters. The number of nitrogens with one attached hydrogen (secondary N) is 2. The molecule has 39 nitrogen and oxygen atoms in total. The van der Waals surface area contributed by atoms with Crippen molar-refractivity contribution in [3.05, 3.63) is 46.0 Å². The molecular weight excluding hydrogens is 1100 g/mol. The molecule has 6 unspecified atom stereocenters. The van der Waals surface area contributed by atoms with Gasteiger partial charge in [-0.25, -0.2) is 42.8 Å². The second-order valence-corrected chi connectivity index (χ2v) is 22.2. The number of phosphoric acid groups is 4. The summed E-state index contributed by atoms with van der Waals surface area (Å²) in [6.07, 6.45) is -12.1. The Balaban J connectivity index is 0.913. The van der Waals surface area contributed by atoms with Crippen molar-refractivity contribution in [3.8, 4) is 0 Å². The van der Waals surface area contributed by atoms with Crippen molar-refractivity contribution in [2.75, 3.05) is 57.3 Å². The Morgan fingerprint density at radius 2 is 1.32 bits per heavy atom. The van der Waals surface area contributed by atoms with E-state index < -0.39 is 130 Å². The zero-order valence-corrected chi connectivity index (χ0v) is 41.8. The molecule has 2 fully saturated rings. The molecule has 16 N–H and O–H groups in total. The fourth-order valence-corrected chi connectivity index (χ4v) is 11.9. The summed E-state index contributed by atoms with van der Waals surface area (Å²) in [6.45, 7) is -4.89. The van der Waals surface area contributed by atoms with E-state index in [0.717, 1.165) is 21.8 Å². The van der Waals surface area contributed by atoms with Crippen molar-refractivity contribution < 1.29 is 108 Å². The van der Waals surface area contributed by atoms with Crippen LogP contribution in [0.5, 0.6) is 0 Å². The number of hydrogen-bond acceptors (Lipinski definition) is 29. The van der Waals surface area contributed by atoms with Gasteiger partial charge in [0, 0.05) is 7.11 Å². The molecule has 2 aliphatic rings. The average molecular weight is 1150 g/mol. The lowest BCUT2D eigenvalue weighted by molar-refractivity contribution is -0.745. The zero-order valence-electron chi connectivity index (χ0n) is 38.2. The predicted molar refractivity (Wildman–Crippen MR) is 241 cm³/mol. The molecule has 0 aliphatic carbocycles. The van der Waals surface area contributed by atoms with Gasteiger partial charge in [0.05, 0.1) is 52.7 Å². The summed E-state index contributed by atoms with van der Waals surface area (Å²) < 4.78 is 107. The van der Waals surface area contributed by atoms with Crippen LogP contribution in [0.2, 0.25) is 0 Å². The molecular formula is C32H46N15O24P4+. The number of H-pyrrole nitrogens is 2. The number of imidazole rings is 3. The van der Waals surface area contributed by atoms with Crippen LogP contribution in [-0.2, 0) is 71.0 Å². The number of fused-ring (bicyclic) bond motifs is 3. The Kier molecular flexibility index (Phi) is 16.2. The molecule has 43 heteroatoms. The van der Waals surface area contributed by atoms with Crippen LogP contribution in [-0.4, -0.2) is 176 Å². The third kappa shape index (κ3) is 12.3. The molecule has 6 aromatic heterocycles. The maximum Gasteiger partial charge on any atom is 0.490 e.